The molecular weight excluding hydrogens is 548 g/mol. The fraction of sp³-hybridized carbons (Fsp3) is 0.393. The molecular formula is C28H34N2O8Si2. The van der Waals surface area contributed by atoms with Gasteiger partial charge in [-0.3, -0.25) is 14.9 Å². The quantitative estimate of drug-likeness (QED) is 0.0964. The number of rotatable bonds is 9. The van der Waals surface area contributed by atoms with E-state index in [0.29, 0.717) is 23.3 Å². The number of esters is 2. The van der Waals surface area contributed by atoms with Gasteiger partial charge in [0, 0.05) is 12.1 Å². The SMILES string of the molecule is C[C@@H](O[Si](C)(C)C)[C@H]1C(=O)N2C(C(=O)OC(=O)c3ccc([N+](=O)[O-])cc3)=C(c3cccc(O[Si](C)(C)C)c3)C[C@H]12. The van der Waals surface area contributed by atoms with E-state index in [2.05, 4.69) is 39.3 Å². The van der Waals surface area contributed by atoms with E-state index in [4.69, 9.17) is 13.6 Å². The van der Waals surface area contributed by atoms with Crippen molar-refractivity contribution in [3.05, 3.63) is 75.5 Å². The molecule has 0 aromatic heterocycles. The van der Waals surface area contributed by atoms with Gasteiger partial charge in [-0.1, -0.05) is 12.1 Å². The molecule has 0 aliphatic carbocycles. The van der Waals surface area contributed by atoms with E-state index in [0.717, 1.165) is 12.1 Å². The Hall–Kier alpha value is -3.62. The monoisotopic (exact) mass is 582 g/mol. The smallest absolute Gasteiger partial charge is 0.363 e. The lowest BCUT2D eigenvalue weighted by molar-refractivity contribution is -0.384. The first-order valence-corrected chi connectivity index (χ1v) is 19.9. The number of benzene rings is 2. The molecule has 0 N–H and O–H groups in total. The zero-order valence-corrected chi connectivity index (χ0v) is 25.7. The first-order valence-electron chi connectivity index (χ1n) is 13.1. The van der Waals surface area contributed by atoms with Crippen LogP contribution in [0.25, 0.3) is 5.57 Å². The van der Waals surface area contributed by atoms with Crippen LogP contribution < -0.4 is 4.43 Å². The van der Waals surface area contributed by atoms with Crippen molar-refractivity contribution in [3.63, 3.8) is 0 Å². The summed E-state index contributed by atoms with van der Waals surface area (Å²) < 4.78 is 17.6. The number of hydrogen-bond acceptors (Lipinski definition) is 8. The molecule has 2 heterocycles. The molecule has 2 aromatic carbocycles. The van der Waals surface area contributed by atoms with Gasteiger partial charge in [-0.05, 0) is 88.0 Å². The van der Waals surface area contributed by atoms with Crippen molar-refractivity contribution in [1.29, 1.82) is 0 Å². The summed E-state index contributed by atoms with van der Waals surface area (Å²) in [5, 5.41) is 10.9. The minimum Gasteiger partial charge on any atom is -0.544 e. The van der Waals surface area contributed by atoms with Crippen molar-refractivity contribution in [2.24, 2.45) is 5.92 Å². The highest BCUT2D eigenvalue weighted by Crippen LogP contribution is 2.48. The predicted molar refractivity (Wildman–Crippen MR) is 153 cm³/mol. The summed E-state index contributed by atoms with van der Waals surface area (Å²) in [6.45, 7) is 14.2. The van der Waals surface area contributed by atoms with E-state index in [1.807, 2.05) is 31.2 Å². The van der Waals surface area contributed by atoms with Crippen LogP contribution in [0.1, 0.15) is 29.3 Å². The van der Waals surface area contributed by atoms with Gasteiger partial charge in [0.1, 0.15) is 11.4 Å². The van der Waals surface area contributed by atoms with Crippen molar-refractivity contribution < 1.29 is 32.9 Å². The van der Waals surface area contributed by atoms with E-state index in [-0.39, 0.29) is 35.0 Å². The maximum absolute atomic E-state index is 13.5. The average Bonchev–Trinajstić information content (AvgIpc) is 3.17. The molecule has 0 spiro atoms. The Bertz CT molecular complexity index is 1390. The number of ether oxygens (including phenoxy) is 1. The van der Waals surface area contributed by atoms with Gasteiger partial charge in [0.25, 0.3) is 5.69 Å². The highest BCUT2D eigenvalue weighted by Gasteiger charge is 2.58. The minimum atomic E-state index is -1.94. The van der Waals surface area contributed by atoms with Crippen LogP contribution in [0, 0.1) is 16.0 Å². The highest BCUT2D eigenvalue weighted by molar-refractivity contribution is 6.70. The molecule has 1 amide bonds. The lowest BCUT2D eigenvalue weighted by Gasteiger charge is -2.47. The third-order valence-electron chi connectivity index (χ3n) is 6.55. The van der Waals surface area contributed by atoms with E-state index in [1.165, 1.54) is 17.0 Å². The molecule has 2 aromatic rings. The maximum atomic E-state index is 13.5. The summed E-state index contributed by atoms with van der Waals surface area (Å²) in [6.07, 6.45) is 0.0582. The van der Waals surface area contributed by atoms with Gasteiger partial charge in [-0.2, -0.15) is 0 Å². The van der Waals surface area contributed by atoms with Gasteiger partial charge < -0.3 is 18.5 Å². The van der Waals surface area contributed by atoms with Crippen LogP contribution in [0.4, 0.5) is 5.69 Å². The van der Waals surface area contributed by atoms with Gasteiger partial charge in [0.05, 0.1) is 28.6 Å². The molecule has 12 heteroatoms. The fourth-order valence-corrected chi connectivity index (χ4v) is 7.24. The van der Waals surface area contributed by atoms with Gasteiger partial charge in [0.15, 0.2) is 8.32 Å². The highest BCUT2D eigenvalue weighted by atomic mass is 28.4. The first kappa shape index (κ1) is 29.4. The fourth-order valence-electron chi connectivity index (χ4n) is 5.14. The number of nitro benzene ring substituents is 1. The molecule has 1 fully saturated rings. The van der Waals surface area contributed by atoms with Gasteiger partial charge in [-0.15, -0.1) is 0 Å². The van der Waals surface area contributed by atoms with Crippen molar-refractivity contribution in [2.45, 2.75) is 64.8 Å². The molecule has 0 bridgehead atoms. The van der Waals surface area contributed by atoms with Gasteiger partial charge in [-0.25, -0.2) is 9.59 Å². The largest absolute Gasteiger partial charge is 0.544 e. The van der Waals surface area contributed by atoms with E-state index < -0.39 is 39.4 Å². The van der Waals surface area contributed by atoms with E-state index in [9.17, 15) is 24.5 Å². The molecule has 2 aliphatic rings. The Labute approximate surface area is 235 Å². The van der Waals surface area contributed by atoms with Crippen LogP contribution in [0.2, 0.25) is 39.3 Å². The van der Waals surface area contributed by atoms with Gasteiger partial charge >= 0.3 is 11.9 Å². The second-order valence-electron chi connectivity index (χ2n) is 12.0. The third kappa shape index (κ3) is 6.24. The number of β-lactam (4-membered cyclic amide) rings is 1. The molecule has 3 atom stereocenters. The Morgan fingerprint density at radius 1 is 1.00 bits per heavy atom. The summed E-state index contributed by atoms with van der Waals surface area (Å²) in [7, 11) is -3.85. The summed E-state index contributed by atoms with van der Waals surface area (Å²) in [5.74, 6) is -1.95. The average molecular weight is 583 g/mol. The number of nitro groups is 1. The van der Waals surface area contributed by atoms with Crippen LogP contribution in [-0.4, -0.2) is 56.4 Å². The van der Waals surface area contributed by atoms with Crippen LogP contribution in [0.15, 0.2) is 54.2 Å². The summed E-state index contributed by atoms with van der Waals surface area (Å²) in [6, 6.07) is 11.8. The second-order valence-corrected chi connectivity index (χ2v) is 20.9. The van der Waals surface area contributed by atoms with Crippen molar-refractivity contribution in [3.8, 4) is 5.75 Å². The number of hydrogen-bond donors (Lipinski definition) is 0. The number of carbonyl (C=O) groups excluding carboxylic acids is 3. The van der Waals surface area contributed by atoms with Crippen LogP contribution in [0.5, 0.6) is 5.75 Å². The number of non-ortho nitro benzene ring substituents is 1. The molecule has 2 aliphatic heterocycles. The van der Waals surface area contributed by atoms with Crippen LogP contribution in [0.3, 0.4) is 0 Å². The zero-order chi connectivity index (χ0) is 29.6. The normalized spacial score (nSPS) is 19.6. The van der Waals surface area contributed by atoms with Gasteiger partial charge in [0.2, 0.25) is 14.2 Å². The Morgan fingerprint density at radius 2 is 1.65 bits per heavy atom. The Balaban J connectivity index is 1.67. The third-order valence-corrected chi connectivity index (χ3v) is 8.48. The van der Waals surface area contributed by atoms with Crippen molar-refractivity contribution in [1.82, 2.24) is 4.90 Å². The number of nitrogens with zero attached hydrogens (tertiary/aromatic N) is 2. The Morgan fingerprint density at radius 3 is 2.23 bits per heavy atom. The number of carbonyl (C=O) groups is 3. The Kier molecular flexibility index (Phi) is 7.89. The molecule has 4 rings (SSSR count). The lowest BCUT2D eigenvalue weighted by atomic mass is 9.82. The standard InChI is InChI=1S/C28H34N2O8Si2/c1-17(37-39(2,3)4)24-23-16-22(19-9-8-10-21(15-19)38-40(5,6)7)25(29(23)26(24)31)28(33)36-27(32)18-11-13-20(14-12-18)30(34)35/h8-15,17,23-24H,16H2,1-7H3/t17-,23-,24-/m1/s1. The molecule has 0 radical (unpaired) electrons. The molecule has 1 saturated heterocycles. The van der Waals surface area contributed by atoms with Crippen LogP contribution in [-0.2, 0) is 18.8 Å². The van der Waals surface area contributed by atoms with Crippen LogP contribution >= 0.6 is 0 Å². The van der Waals surface area contributed by atoms with Crippen molar-refractivity contribution in [2.75, 3.05) is 0 Å². The van der Waals surface area contributed by atoms with Crippen molar-refractivity contribution >= 4 is 45.7 Å². The van der Waals surface area contributed by atoms with E-state index >= 15 is 0 Å². The number of fused-ring (bicyclic) bond motifs is 1. The maximum Gasteiger partial charge on any atom is 0.363 e. The summed E-state index contributed by atoms with van der Waals surface area (Å²) in [4.78, 5) is 51.5. The minimum absolute atomic E-state index is 0.0202. The summed E-state index contributed by atoms with van der Waals surface area (Å²) in [5.41, 5.74) is 1.09. The molecule has 212 valence electrons. The molecule has 10 nitrogen and oxygen atoms in total. The molecule has 0 saturated carbocycles. The molecule has 0 unspecified atom stereocenters. The summed E-state index contributed by atoms with van der Waals surface area (Å²) >= 11 is 0. The van der Waals surface area contributed by atoms with E-state index in [1.54, 1.807) is 0 Å². The first-order chi connectivity index (χ1) is 18.6. The molecule has 40 heavy (non-hydrogen) atoms. The lowest BCUT2D eigenvalue weighted by Crippen LogP contribution is -2.63. The second kappa shape index (κ2) is 10.7. The predicted octanol–water partition coefficient (Wildman–Crippen LogP) is 5.37. The zero-order valence-electron chi connectivity index (χ0n) is 23.7. The topological polar surface area (TPSA) is 125 Å². The number of amides is 1.